The zero-order valence-corrected chi connectivity index (χ0v) is 12.1. The van der Waals surface area contributed by atoms with E-state index in [1.807, 2.05) is 0 Å². The van der Waals surface area contributed by atoms with Gasteiger partial charge in [-0.05, 0) is 42.6 Å². The van der Waals surface area contributed by atoms with Gasteiger partial charge in [-0.3, -0.25) is 0 Å². The van der Waals surface area contributed by atoms with E-state index in [1.54, 1.807) is 0 Å². The Hall–Kier alpha value is -1.80. The van der Waals surface area contributed by atoms with Gasteiger partial charge in [-0.2, -0.15) is 0 Å². The Morgan fingerprint density at radius 1 is 1.05 bits per heavy atom. The van der Waals surface area contributed by atoms with Gasteiger partial charge in [0.15, 0.2) is 0 Å². The van der Waals surface area contributed by atoms with E-state index in [1.165, 1.54) is 28.8 Å². The molecular weight excluding hydrogens is 244 g/mol. The summed E-state index contributed by atoms with van der Waals surface area (Å²) in [5, 5.41) is 3.41. The Morgan fingerprint density at radius 3 is 2.75 bits per heavy atom. The molecule has 1 aliphatic rings. The molecule has 0 amide bonds. The average Bonchev–Trinajstić information content (AvgIpc) is 2.93. The Balaban J connectivity index is 1.54. The highest BCUT2D eigenvalue weighted by Crippen LogP contribution is 2.23. The summed E-state index contributed by atoms with van der Waals surface area (Å²) in [5.41, 5.74) is 5.64. The van der Waals surface area contributed by atoms with E-state index in [2.05, 4.69) is 65.8 Å². The summed E-state index contributed by atoms with van der Waals surface area (Å²) in [6.07, 6.45) is 2.29. The molecule has 2 nitrogen and oxygen atoms in total. The summed E-state index contributed by atoms with van der Waals surface area (Å²) >= 11 is 0. The number of nitrogens with one attached hydrogen (secondary N) is 1. The molecule has 0 spiro atoms. The van der Waals surface area contributed by atoms with Crippen molar-refractivity contribution in [1.82, 2.24) is 4.90 Å². The van der Waals surface area contributed by atoms with Crippen LogP contribution in [-0.2, 0) is 19.4 Å². The average molecular weight is 266 g/mol. The molecule has 1 N–H and O–H groups in total. The lowest BCUT2D eigenvalue weighted by molar-refractivity contribution is 0.331. The van der Waals surface area contributed by atoms with Crippen molar-refractivity contribution in [3.63, 3.8) is 0 Å². The van der Waals surface area contributed by atoms with Crippen molar-refractivity contribution in [2.24, 2.45) is 0 Å². The second-order valence-corrected chi connectivity index (χ2v) is 5.64. The van der Waals surface area contributed by atoms with Crippen LogP contribution in [0.3, 0.4) is 0 Å². The highest BCUT2D eigenvalue weighted by Gasteiger charge is 2.10. The molecule has 0 aromatic heterocycles. The third kappa shape index (κ3) is 3.20. The summed E-state index contributed by atoms with van der Waals surface area (Å²) in [7, 11) is 2.20. The van der Waals surface area contributed by atoms with E-state index in [0.29, 0.717) is 0 Å². The van der Waals surface area contributed by atoms with Crippen molar-refractivity contribution in [2.45, 2.75) is 19.4 Å². The van der Waals surface area contributed by atoms with Crippen LogP contribution < -0.4 is 5.32 Å². The third-order valence-electron chi connectivity index (χ3n) is 3.96. The maximum absolute atomic E-state index is 3.41. The van der Waals surface area contributed by atoms with E-state index < -0.39 is 0 Å². The van der Waals surface area contributed by atoms with Crippen molar-refractivity contribution in [3.05, 3.63) is 65.2 Å². The van der Waals surface area contributed by atoms with Crippen LogP contribution in [0.2, 0.25) is 0 Å². The van der Waals surface area contributed by atoms with E-state index in [0.717, 1.165) is 26.1 Å². The molecule has 1 heterocycles. The molecule has 2 aromatic carbocycles. The van der Waals surface area contributed by atoms with E-state index in [4.69, 9.17) is 0 Å². The standard InChI is InChI=1S/C18H22N2/c1-20(14-16-5-3-2-4-6-16)12-10-15-7-8-18-17(13-15)9-11-19-18/h2-8,13,19H,9-12,14H2,1H3. The zero-order valence-electron chi connectivity index (χ0n) is 12.1. The summed E-state index contributed by atoms with van der Waals surface area (Å²) in [4.78, 5) is 2.39. The van der Waals surface area contributed by atoms with Gasteiger partial charge in [-0.15, -0.1) is 0 Å². The normalized spacial score (nSPS) is 13.3. The fraction of sp³-hybridized carbons (Fsp3) is 0.333. The summed E-state index contributed by atoms with van der Waals surface area (Å²) in [6, 6.07) is 17.5. The first kappa shape index (κ1) is 13.2. The Morgan fingerprint density at radius 2 is 1.90 bits per heavy atom. The second kappa shape index (κ2) is 6.10. The molecule has 3 rings (SSSR count). The highest BCUT2D eigenvalue weighted by molar-refractivity contribution is 5.56. The van der Waals surface area contributed by atoms with Gasteiger partial charge in [-0.1, -0.05) is 42.5 Å². The van der Waals surface area contributed by atoms with E-state index in [-0.39, 0.29) is 0 Å². The number of likely N-dealkylation sites (N-methyl/N-ethyl adjacent to an activating group) is 1. The molecule has 104 valence electrons. The van der Waals surface area contributed by atoms with Crippen LogP contribution >= 0.6 is 0 Å². The van der Waals surface area contributed by atoms with Crippen LogP contribution in [-0.4, -0.2) is 25.0 Å². The van der Waals surface area contributed by atoms with Gasteiger partial charge in [0.05, 0.1) is 0 Å². The maximum atomic E-state index is 3.41. The van der Waals surface area contributed by atoms with Crippen molar-refractivity contribution in [2.75, 3.05) is 25.5 Å². The fourth-order valence-electron chi connectivity index (χ4n) is 2.81. The monoisotopic (exact) mass is 266 g/mol. The second-order valence-electron chi connectivity index (χ2n) is 5.64. The third-order valence-corrected chi connectivity index (χ3v) is 3.96. The first-order valence-electron chi connectivity index (χ1n) is 7.39. The van der Waals surface area contributed by atoms with Crippen molar-refractivity contribution in [3.8, 4) is 0 Å². The molecule has 0 bridgehead atoms. The van der Waals surface area contributed by atoms with Crippen LogP contribution in [0, 0.1) is 0 Å². The molecule has 0 aliphatic carbocycles. The lowest BCUT2D eigenvalue weighted by atomic mass is 10.1. The summed E-state index contributed by atoms with van der Waals surface area (Å²) in [6.45, 7) is 3.21. The number of rotatable bonds is 5. The molecule has 0 saturated heterocycles. The molecule has 2 heteroatoms. The van der Waals surface area contributed by atoms with Gasteiger partial charge in [0.2, 0.25) is 0 Å². The molecule has 0 atom stereocenters. The molecule has 0 saturated carbocycles. The van der Waals surface area contributed by atoms with Gasteiger partial charge in [0.25, 0.3) is 0 Å². The molecule has 2 aromatic rings. The van der Waals surface area contributed by atoms with Crippen LogP contribution in [0.25, 0.3) is 0 Å². The summed E-state index contributed by atoms with van der Waals surface area (Å²) in [5.74, 6) is 0. The zero-order chi connectivity index (χ0) is 13.8. The minimum absolute atomic E-state index is 1.02. The minimum atomic E-state index is 1.02. The highest BCUT2D eigenvalue weighted by atomic mass is 15.1. The van der Waals surface area contributed by atoms with Crippen LogP contribution in [0.1, 0.15) is 16.7 Å². The Bertz CT molecular complexity index is 563. The number of anilines is 1. The number of nitrogens with zero attached hydrogens (tertiary/aromatic N) is 1. The van der Waals surface area contributed by atoms with Gasteiger partial charge in [0.1, 0.15) is 0 Å². The van der Waals surface area contributed by atoms with Gasteiger partial charge >= 0.3 is 0 Å². The minimum Gasteiger partial charge on any atom is -0.384 e. The van der Waals surface area contributed by atoms with Crippen LogP contribution in [0.4, 0.5) is 5.69 Å². The fourth-order valence-corrected chi connectivity index (χ4v) is 2.81. The number of benzene rings is 2. The van der Waals surface area contributed by atoms with Crippen molar-refractivity contribution >= 4 is 5.69 Å². The first-order chi connectivity index (χ1) is 9.81. The molecular formula is C18H22N2. The number of fused-ring (bicyclic) bond motifs is 1. The van der Waals surface area contributed by atoms with Gasteiger partial charge < -0.3 is 10.2 Å². The molecule has 0 radical (unpaired) electrons. The van der Waals surface area contributed by atoms with E-state index in [9.17, 15) is 0 Å². The number of hydrogen-bond acceptors (Lipinski definition) is 2. The largest absolute Gasteiger partial charge is 0.384 e. The Kier molecular flexibility index (Phi) is 4.03. The van der Waals surface area contributed by atoms with Gasteiger partial charge in [-0.25, -0.2) is 0 Å². The van der Waals surface area contributed by atoms with Crippen molar-refractivity contribution < 1.29 is 0 Å². The van der Waals surface area contributed by atoms with Gasteiger partial charge in [0, 0.05) is 25.3 Å². The Labute approximate surface area is 121 Å². The summed E-state index contributed by atoms with van der Waals surface area (Å²) < 4.78 is 0. The molecule has 1 aliphatic heterocycles. The lowest BCUT2D eigenvalue weighted by Gasteiger charge is -2.17. The molecule has 20 heavy (non-hydrogen) atoms. The first-order valence-corrected chi connectivity index (χ1v) is 7.39. The number of hydrogen-bond donors (Lipinski definition) is 1. The molecule has 0 unspecified atom stereocenters. The predicted molar refractivity (Wildman–Crippen MR) is 85.1 cm³/mol. The SMILES string of the molecule is CN(CCc1ccc2c(c1)CCN2)Cc1ccccc1. The van der Waals surface area contributed by atoms with Crippen LogP contribution in [0.15, 0.2) is 48.5 Å². The van der Waals surface area contributed by atoms with Crippen molar-refractivity contribution in [1.29, 1.82) is 0 Å². The molecule has 0 fully saturated rings. The predicted octanol–water partition coefficient (Wildman–Crippen LogP) is 3.33. The van der Waals surface area contributed by atoms with Crippen LogP contribution in [0.5, 0.6) is 0 Å². The van der Waals surface area contributed by atoms with E-state index >= 15 is 0 Å². The maximum Gasteiger partial charge on any atom is 0.0373 e. The topological polar surface area (TPSA) is 15.3 Å². The quantitative estimate of drug-likeness (QED) is 0.893. The smallest absolute Gasteiger partial charge is 0.0373 e. The lowest BCUT2D eigenvalue weighted by Crippen LogP contribution is -2.20.